The first-order chi connectivity index (χ1) is 9.03. The third-order valence-electron chi connectivity index (χ3n) is 3.34. The van der Waals surface area contributed by atoms with Crippen molar-refractivity contribution < 1.29 is 0 Å². The minimum atomic E-state index is -0.00748. The van der Waals surface area contributed by atoms with Crippen molar-refractivity contribution in [3.05, 3.63) is 28.8 Å². The van der Waals surface area contributed by atoms with Crippen LogP contribution in [-0.2, 0) is 0 Å². The zero-order valence-corrected chi connectivity index (χ0v) is 12.8. The molecule has 0 amide bonds. The number of hydrogen-bond donors (Lipinski definition) is 1. The van der Waals surface area contributed by atoms with E-state index in [1.165, 1.54) is 5.56 Å². The van der Waals surface area contributed by atoms with Gasteiger partial charge in [-0.1, -0.05) is 17.7 Å². The predicted octanol–water partition coefficient (Wildman–Crippen LogP) is 3.61. The molecule has 1 rings (SSSR count). The molecule has 3 nitrogen and oxygen atoms in total. The average molecular weight is 280 g/mol. The van der Waals surface area contributed by atoms with E-state index in [1.54, 1.807) is 0 Å². The van der Waals surface area contributed by atoms with Crippen LogP contribution in [-0.4, -0.2) is 20.1 Å². The van der Waals surface area contributed by atoms with Gasteiger partial charge in [0.05, 0.1) is 22.7 Å². The summed E-state index contributed by atoms with van der Waals surface area (Å²) in [6, 6.07) is 8.66. The second-order valence-electron chi connectivity index (χ2n) is 4.79. The molecule has 1 N–H and O–H groups in total. The van der Waals surface area contributed by atoms with E-state index in [-0.39, 0.29) is 12.0 Å². The van der Waals surface area contributed by atoms with Crippen molar-refractivity contribution >= 4 is 17.3 Å². The zero-order valence-electron chi connectivity index (χ0n) is 12.1. The summed E-state index contributed by atoms with van der Waals surface area (Å²) in [6.45, 7) is 7.64. The Morgan fingerprint density at radius 1 is 1.42 bits per heavy atom. The van der Waals surface area contributed by atoms with Crippen molar-refractivity contribution in [3.63, 3.8) is 0 Å². The molecule has 0 saturated carbocycles. The van der Waals surface area contributed by atoms with Crippen LogP contribution in [0.2, 0.25) is 5.02 Å². The highest BCUT2D eigenvalue weighted by Gasteiger charge is 2.13. The summed E-state index contributed by atoms with van der Waals surface area (Å²) in [5.74, 6) is -0.00748. The monoisotopic (exact) mass is 279 g/mol. The molecule has 0 aliphatic carbocycles. The molecule has 2 unspecified atom stereocenters. The molecule has 0 saturated heterocycles. The molecule has 1 aromatic carbocycles. The minimum absolute atomic E-state index is 0.00748. The normalized spacial score (nSPS) is 13.7. The van der Waals surface area contributed by atoms with E-state index < -0.39 is 0 Å². The molecule has 0 fully saturated rings. The standard InChI is InChI=1S/C15H22ClN3/c1-5-19(10-11(2)9-17)15-7-6-13(8-14(15)16)12(3)18-4/h6-8,11-12,18H,5,10H2,1-4H3. The fourth-order valence-electron chi connectivity index (χ4n) is 1.98. The molecule has 0 bridgehead atoms. The summed E-state index contributed by atoms with van der Waals surface area (Å²) in [4.78, 5) is 2.14. The quantitative estimate of drug-likeness (QED) is 0.865. The molecule has 0 aliphatic rings. The molecule has 4 heteroatoms. The minimum Gasteiger partial charge on any atom is -0.369 e. The number of rotatable bonds is 6. The number of halogens is 1. The smallest absolute Gasteiger partial charge is 0.0671 e. The van der Waals surface area contributed by atoms with Crippen molar-refractivity contribution in [2.75, 3.05) is 25.0 Å². The van der Waals surface area contributed by atoms with Crippen LogP contribution < -0.4 is 10.2 Å². The molecule has 0 spiro atoms. The topological polar surface area (TPSA) is 39.1 Å². The van der Waals surface area contributed by atoms with Gasteiger partial charge in [-0.2, -0.15) is 5.26 Å². The second-order valence-corrected chi connectivity index (χ2v) is 5.20. The summed E-state index contributed by atoms with van der Waals surface area (Å²) < 4.78 is 0. The van der Waals surface area contributed by atoms with Gasteiger partial charge in [0.2, 0.25) is 0 Å². The maximum absolute atomic E-state index is 8.93. The van der Waals surface area contributed by atoms with Gasteiger partial charge in [-0.25, -0.2) is 0 Å². The number of nitriles is 1. The van der Waals surface area contributed by atoms with E-state index in [9.17, 15) is 0 Å². The van der Waals surface area contributed by atoms with Crippen LogP contribution in [0.25, 0.3) is 0 Å². The molecule has 0 radical (unpaired) electrons. The summed E-state index contributed by atoms with van der Waals surface area (Å²) >= 11 is 6.38. The SMILES string of the molecule is CCN(CC(C)C#N)c1ccc(C(C)NC)cc1Cl. The van der Waals surface area contributed by atoms with E-state index in [0.29, 0.717) is 6.54 Å². The van der Waals surface area contributed by atoms with Crippen LogP contribution >= 0.6 is 11.6 Å². The fourth-order valence-corrected chi connectivity index (χ4v) is 2.29. The van der Waals surface area contributed by atoms with Gasteiger partial charge in [0.25, 0.3) is 0 Å². The molecule has 0 aromatic heterocycles. The van der Waals surface area contributed by atoms with Gasteiger partial charge < -0.3 is 10.2 Å². The molecule has 0 heterocycles. The number of hydrogen-bond acceptors (Lipinski definition) is 3. The number of nitrogens with zero attached hydrogens (tertiary/aromatic N) is 2. The molecular weight excluding hydrogens is 258 g/mol. The third-order valence-corrected chi connectivity index (χ3v) is 3.64. The zero-order chi connectivity index (χ0) is 14.4. The van der Waals surface area contributed by atoms with Crippen LogP contribution in [0.1, 0.15) is 32.4 Å². The van der Waals surface area contributed by atoms with Gasteiger partial charge >= 0.3 is 0 Å². The molecular formula is C15H22ClN3. The Labute approximate surface area is 121 Å². The highest BCUT2D eigenvalue weighted by Crippen LogP contribution is 2.29. The Kier molecular flexibility index (Phi) is 6.14. The van der Waals surface area contributed by atoms with Crippen molar-refractivity contribution in [2.45, 2.75) is 26.8 Å². The summed E-state index contributed by atoms with van der Waals surface area (Å²) in [6.07, 6.45) is 0. The third kappa shape index (κ3) is 4.12. The van der Waals surface area contributed by atoms with Crippen LogP contribution in [0.15, 0.2) is 18.2 Å². The highest BCUT2D eigenvalue weighted by molar-refractivity contribution is 6.33. The van der Waals surface area contributed by atoms with Gasteiger partial charge in [0, 0.05) is 19.1 Å². The van der Waals surface area contributed by atoms with E-state index in [1.807, 2.05) is 26.1 Å². The number of anilines is 1. The summed E-state index contributed by atoms with van der Waals surface area (Å²) in [7, 11) is 1.93. The lowest BCUT2D eigenvalue weighted by Crippen LogP contribution is -2.28. The first kappa shape index (κ1) is 15.8. The molecule has 19 heavy (non-hydrogen) atoms. The van der Waals surface area contributed by atoms with Gasteiger partial charge in [-0.05, 0) is 45.5 Å². The van der Waals surface area contributed by atoms with Gasteiger partial charge in [0.15, 0.2) is 0 Å². The lowest BCUT2D eigenvalue weighted by Gasteiger charge is -2.26. The Morgan fingerprint density at radius 2 is 2.11 bits per heavy atom. The van der Waals surface area contributed by atoms with Crippen LogP contribution in [0.4, 0.5) is 5.69 Å². The summed E-state index contributed by atoms with van der Waals surface area (Å²) in [5.41, 5.74) is 2.17. The first-order valence-electron chi connectivity index (χ1n) is 6.64. The number of nitrogens with one attached hydrogen (secondary N) is 1. The van der Waals surface area contributed by atoms with Gasteiger partial charge in [0.1, 0.15) is 0 Å². The van der Waals surface area contributed by atoms with E-state index in [2.05, 4.69) is 36.2 Å². The van der Waals surface area contributed by atoms with Crippen molar-refractivity contribution in [1.29, 1.82) is 5.26 Å². The van der Waals surface area contributed by atoms with Crippen molar-refractivity contribution in [1.82, 2.24) is 5.32 Å². The Hall–Kier alpha value is -1.24. The van der Waals surface area contributed by atoms with Crippen LogP contribution in [0, 0.1) is 17.2 Å². The fraction of sp³-hybridized carbons (Fsp3) is 0.533. The van der Waals surface area contributed by atoms with Crippen LogP contribution in [0.5, 0.6) is 0 Å². The van der Waals surface area contributed by atoms with E-state index >= 15 is 0 Å². The largest absolute Gasteiger partial charge is 0.369 e. The second kappa shape index (κ2) is 7.37. The summed E-state index contributed by atoms with van der Waals surface area (Å²) in [5, 5.41) is 12.9. The van der Waals surface area contributed by atoms with Gasteiger partial charge in [-0.3, -0.25) is 0 Å². The maximum Gasteiger partial charge on any atom is 0.0671 e. The number of benzene rings is 1. The maximum atomic E-state index is 8.93. The Morgan fingerprint density at radius 3 is 2.58 bits per heavy atom. The lowest BCUT2D eigenvalue weighted by molar-refractivity contribution is 0.651. The molecule has 104 valence electrons. The molecule has 2 atom stereocenters. The van der Waals surface area contributed by atoms with E-state index in [0.717, 1.165) is 17.3 Å². The van der Waals surface area contributed by atoms with Crippen LogP contribution in [0.3, 0.4) is 0 Å². The van der Waals surface area contributed by atoms with Gasteiger partial charge in [-0.15, -0.1) is 0 Å². The van der Waals surface area contributed by atoms with E-state index in [4.69, 9.17) is 16.9 Å². The average Bonchev–Trinajstić information content (AvgIpc) is 2.43. The highest BCUT2D eigenvalue weighted by atomic mass is 35.5. The Balaban J connectivity index is 2.97. The molecule has 0 aliphatic heterocycles. The Bertz CT molecular complexity index is 453. The van der Waals surface area contributed by atoms with Crippen molar-refractivity contribution in [2.24, 2.45) is 5.92 Å². The first-order valence-corrected chi connectivity index (χ1v) is 7.02. The predicted molar refractivity (Wildman–Crippen MR) is 81.6 cm³/mol. The lowest BCUT2D eigenvalue weighted by atomic mass is 10.1. The molecule has 1 aromatic rings. The van der Waals surface area contributed by atoms with Crippen molar-refractivity contribution in [3.8, 4) is 6.07 Å².